The number of aliphatic hydroxyl groups is 5. The first-order valence-electron chi connectivity index (χ1n) is 45.0. The van der Waals surface area contributed by atoms with Crippen LogP contribution in [0.25, 0.3) is 0 Å². The van der Waals surface area contributed by atoms with Gasteiger partial charge in [0.15, 0.2) is 0 Å². The Morgan fingerprint density at radius 1 is 0.221 bits per heavy atom. The molecule has 0 spiro atoms. The summed E-state index contributed by atoms with van der Waals surface area (Å²) in [6, 6.07) is 65.9. The summed E-state index contributed by atoms with van der Waals surface area (Å²) in [7, 11) is -29.4. The fourth-order valence-corrected chi connectivity index (χ4v) is 14.9. The summed E-state index contributed by atoms with van der Waals surface area (Å²) >= 11 is 0. The zero-order valence-electron chi connectivity index (χ0n) is 82.4. The van der Waals surface area contributed by atoms with Crippen LogP contribution < -0.4 is 4.18 Å². The molecule has 0 fully saturated rings. The second kappa shape index (κ2) is 50.4. The van der Waals surface area contributed by atoms with Gasteiger partial charge in [0.25, 0.3) is 0 Å². The van der Waals surface area contributed by atoms with Crippen LogP contribution in [-0.4, -0.2) is 65.2 Å². The quantitative estimate of drug-likeness (QED) is 0.0296. The summed E-state index contributed by atoms with van der Waals surface area (Å²) in [6.07, 6.45) is 0. The first kappa shape index (κ1) is 122. The Hall–Kier alpha value is -7.46. The van der Waals surface area contributed by atoms with Gasteiger partial charge >= 0.3 is 31.2 Å². The van der Waals surface area contributed by atoms with Crippen LogP contribution >= 0.6 is 31.2 Å². The van der Waals surface area contributed by atoms with E-state index >= 15 is 0 Å². The van der Waals surface area contributed by atoms with Crippen molar-refractivity contribution in [2.75, 3.05) is 39.6 Å². The topological polar surface area (TPSA) is 120 Å². The highest BCUT2D eigenvalue weighted by molar-refractivity contribution is 8.45. The van der Waals surface area contributed by atoms with Crippen LogP contribution in [0.4, 0.5) is 58.3 Å². The first-order valence-corrected chi connectivity index (χ1v) is 50.7. The van der Waals surface area contributed by atoms with Crippen LogP contribution in [0, 0.1) is 102 Å². The summed E-state index contributed by atoms with van der Waals surface area (Å²) in [4.78, 5) is -1.91. The third-order valence-corrected chi connectivity index (χ3v) is 25.6. The highest BCUT2D eigenvalue weighted by atomic mass is 32.5. The van der Waals surface area contributed by atoms with Crippen molar-refractivity contribution in [1.29, 1.82) is 0 Å². The lowest BCUT2D eigenvalue weighted by Gasteiger charge is -2.41. The Balaban J connectivity index is 0.000000741. The number of aryl methyl sites for hydroxylation is 7. The molecular weight excluding hydrogens is 1770 g/mol. The zero-order valence-corrected chi connectivity index (χ0v) is 84.8. The molecule has 0 saturated carbocycles. The van der Waals surface area contributed by atoms with Gasteiger partial charge in [0.1, 0.15) is 10.6 Å². The van der Waals surface area contributed by atoms with E-state index in [0.29, 0.717) is 58.8 Å². The van der Waals surface area contributed by atoms with Crippen molar-refractivity contribution in [3.8, 4) is 5.75 Å². The van der Waals surface area contributed by atoms with Crippen molar-refractivity contribution in [2.24, 2.45) is 53.3 Å². The predicted molar refractivity (Wildman–Crippen MR) is 526 cm³/mol. The Bertz CT molecular complexity index is 4430. The maximum Gasteiger partial charge on any atom is 0.435 e. The number of hydrogen-bond acceptors (Lipinski definition) is 7. The molecule has 9 rings (SSSR count). The number of aliphatic hydroxyl groups excluding tert-OH is 5. The van der Waals surface area contributed by atoms with Crippen LogP contribution in [0.15, 0.2) is 223 Å². The van der Waals surface area contributed by atoms with Gasteiger partial charge < -0.3 is 29.7 Å². The lowest BCUT2D eigenvalue weighted by molar-refractivity contribution is 0.136. The van der Waals surface area contributed by atoms with Gasteiger partial charge in [-0.05, 0) is 194 Å². The van der Waals surface area contributed by atoms with Gasteiger partial charge in [-0.25, -0.2) is 4.18 Å². The summed E-state index contributed by atoms with van der Waals surface area (Å²) in [5.74, 6) is 3.32. The maximum absolute atomic E-state index is 12.6. The fraction of sp³-hybridized carbons (Fsp3) is 0.491. The van der Waals surface area contributed by atoms with Crippen LogP contribution in [0.5, 0.6) is 5.75 Å². The molecule has 5 N–H and O–H groups in total. The van der Waals surface area contributed by atoms with E-state index in [-0.39, 0.29) is 74.1 Å². The molecule has 0 aromatic heterocycles. The lowest BCUT2D eigenvalue weighted by Crippen LogP contribution is -2.19. The van der Waals surface area contributed by atoms with E-state index in [1.165, 1.54) is 85.0 Å². The third kappa shape index (κ3) is 49.6. The summed E-state index contributed by atoms with van der Waals surface area (Å²) in [5, 5.41) is 45.9. The minimum Gasteiger partial charge on any atom is -0.396 e. The molecular formula is C106H155F15O7S3. The lowest BCUT2D eigenvalue weighted by atomic mass is 9.89. The molecule has 0 aliphatic rings. The third-order valence-electron chi connectivity index (χ3n) is 23.4. The highest BCUT2D eigenvalue weighted by Crippen LogP contribution is 3.02. The second-order valence-electron chi connectivity index (χ2n) is 37.8. The van der Waals surface area contributed by atoms with E-state index in [0.717, 1.165) is 41.5 Å². The van der Waals surface area contributed by atoms with Crippen LogP contribution in [0.3, 0.4) is 0 Å². The summed E-state index contributed by atoms with van der Waals surface area (Å²) in [6.45, 7) is 57.0. The van der Waals surface area contributed by atoms with Gasteiger partial charge in [0, 0.05) is 35.5 Å². The average molecular weight is 1920 g/mol. The molecule has 0 aliphatic heterocycles. The number of hydrogen-bond donors (Lipinski definition) is 5. The Morgan fingerprint density at radius 3 is 0.611 bits per heavy atom. The molecule has 744 valence electrons. The summed E-state index contributed by atoms with van der Waals surface area (Å²) < 4.78 is 191. The van der Waals surface area contributed by atoms with Crippen LogP contribution in [0.2, 0.25) is 0 Å². The summed E-state index contributed by atoms with van der Waals surface area (Å²) in [5.41, 5.74) is 17.8. The molecule has 0 radical (unpaired) electrons. The van der Waals surface area contributed by atoms with E-state index < -0.39 is 66.2 Å². The second-order valence-corrected chi connectivity index (χ2v) is 44.2. The van der Waals surface area contributed by atoms with Gasteiger partial charge in [0.05, 0.1) is 39.6 Å². The van der Waals surface area contributed by atoms with Crippen molar-refractivity contribution in [3.05, 3.63) is 307 Å². The van der Waals surface area contributed by atoms with E-state index in [1.807, 2.05) is 6.92 Å². The smallest absolute Gasteiger partial charge is 0.396 e. The molecule has 9 aromatic rings. The van der Waals surface area contributed by atoms with Crippen molar-refractivity contribution in [3.63, 3.8) is 0 Å². The molecule has 9 aromatic carbocycles. The minimum atomic E-state index is -9.96. The van der Waals surface area contributed by atoms with Crippen molar-refractivity contribution in [1.82, 2.24) is 0 Å². The van der Waals surface area contributed by atoms with Crippen LogP contribution in [0.1, 0.15) is 288 Å². The predicted octanol–water partition coefficient (Wildman–Crippen LogP) is 35.5. The molecule has 9 atom stereocenters. The Labute approximate surface area is 776 Å². The van der Waals surface area contributed by atoms with Crippen molar-refractivity contribution < 1.29 is 92.2 Å². The Kier molecular flexibility index (Phi) is 46.8. The standard InChI is InChI=1S/C12H17F5OS.3C12H18O.3C12H18.C11H15F5O2S.C11H15F5OS/c1-9(2)12(8-18-19(13,14,15,16)17)11-6-4-10(3)5-7-11;3*1-9(2)12(8-13)11-6-4-10(3)5-7-11;3*1-9(2)11(4)12-7-5-10(3)6-8-12;1-8(2)11(7-17)9-4-3-5-10(6-9)18-19(12,13,14,15)16;1-8(2)11(7-17)9-4-3-5-10(6-9)18(12,13,14,15)16/h4-7,9,12H,8H2,1-3H3;3*4-7,9,12-13H,8H2,1-3H3;3*5-9,11H,1-4H3;3-6,8,11,17H,7H2,1-2H3;3-6,8,11,17H,7H2,1-2H3. The molecule has 0 aliphatic carbocycles. The van der Waals surface area contributed by atoms with Crippen molar-refractivity contribution >= 4 is 31.2 Å². The van der Waals surface area contributed by atoms with Crippen molar-refractivity contribution in [2.45, 2.75) is 252 Å². The van der Waals surface area contributed by atoms with Crippen LogP contribution in [-0.2, 0) is 4.18 Å². The zero-order chi connectivity index (χ0) is 101. The molecule has 0 saturated heterocycles. The molecule has 25 heteroatoms. The molecule has 131 heavy (non-hydrogen) atoms. The van der Waals surface area contributed by atoms with Gasteiger partial charge in [-0.2, -0.15) is 0 Å². The van der Waals surface area contributed by atoms with Gasteiger partial charge in [0.2, 0.25) is 0 Å². The fourth-order valence-electron chi connectivity index (χ4n) is 13.4. The maximum atomic E-state index is 12.6. The van der Waals surface area contributed by atoms with Gasteiger partial charge in [-0.15, -0.1) is 0 Å². The number of rotatable bonds is 29. The van der Waals surface area contributed by atoms with E-state index in [2.05, 4.69) is 299 Å². The SMILES string of the molecule is CC(C)C(CO)c1cccc(OS(F)(F)(F)(F)F)c1.CC(C)C(CO)c1cccc(S(F)(F)(F)(F)F)c1.Cc1ccc(C(C)C(C)C)cc1.Cc1ccc(C(C)C(C)C)cc1.Cc1ccc(C(C)C(C)C)cc1.Cc1ccc(C(CO)C(C)C)cc1.Cc1ccc(C(CO)C(C)C)cc1.Cc1ccc(C(CO)C(C)C)cc1.Cc1ccc(C(COS(F)(F)(F)(F)F)C(C)C)cc1. The minimum absolute atomic E-state index is 0.0554. The van der Waals surface area contributed by atoms with Gasteiger partial charge in [-0.1, -0.05) is 437 Å². The molecule has 9 unspecified atom stereocenters. The first-order chi connectivity index (χ1) is 59.7. The Morgan fingerprint density at radius 2 is 0.420 bits per heavy atom. The normalized spacial score (nSPS) is 15.3. The number of benzene rings is 9. The largest absolute Gasteiger partial charge is 0.435 e. The monoisotopic (exact) mass is 1920 g/mol. The van der Waals surface area contributed by atoms with E-state index in [9.17, 15) is 78.7 Å². The highest BCUT2D eigenvalue weighted by Gasteiger charge is 2.68. The van der Waals surface area contributed by atoms with Gasteiger partial charge in [-0.3, -0.25) is 0 Å². The average Bonchev–Trinajstić information content (AvgIpc) is 0.723. The number of halogens is 15. The molecule has 7 nitrogen and oxygen atoms in total. The molecule has 0 heterocycles. The van der Waals surface area contributed by atoms with E-state index in [4.69, 9.17) is 5.11 Å². The molecule has 0 amide bonds. The molecule has 0 bridgehead atoms. The van der Waals surface area contributed by atoms with E-state index in [1.54, 1.807) is 65.8 Å².